The summed E-state index contributed by atoms with van der Waals surface area (Å²) in [5.74, 6) is -1.28. The number of carbonyl (C=O) groups is 2. The highest BCUT2D eigenvalue weighted by molar-refractivity contribution is 7.75. The van der Waals surface area contributed by atoms with E-state index in [1.807, 2.05) is 18.2 Å². The van der Waals surface area contributed by atoms with Crippen molar-refractivity contribution in [2.24, 2.45) is 10.3 Å². The number of amides is 1. The predicted molar refractivity (Wildman–Crippen MR) is 125 cm³/mol. The number of nitrogens with zero attached hydrogens (tertiary/aromatic N) is 1. The van der Waals surface area contributed by atoms with Crippen molar-refractivity contribution in [3.63, 3.8) is 0 Å². The van der Waals surface area contributed by atoms with E-state index in [4.69, 9.17) is 21.4 Å². The van der Waals surface area contributed by atoms with Crippen molar-refractivity contribution < 1.29 is 23.6 Å². The second-order valence-electron chi connectivity index (χ2n) is 7.87. The Kier molecular flexibility index (Phi) is 8.53. The van der Waals surface area contributed by atoms with E-state index in [9.17, 15) is 13.8 Å². The van der Waals surface area contributed by atoms with Gasteiger partial charge in [0.1, 0.15) is 5.75 Å². The summed E-state index contributed by atoms with van der Waals surface area (Å²) in [7, 11) is -1.80. The number of nitrogens with one attached hydrogen (secondary N) is 1. The van der Waals surface area contributed by atoms with Crippen LogP contribution in [0.5, 0.6) is 5.75 Å². The van der Waals surface area contributed by atoms with Crippen molar-refractivity contribution >= 4 is 39.8 Å². The van der Waals surface area contributed by atoms with Crippen molar-refractivity contribution in [1.29, 1.82) is 0 Å². The van der Waals surface area contributed by atoms with Crippen LogP contribution in [-0.2, 0) is 32.6 Å². The first kappa shape index (κ1) is 24.1. The van der Waals surface area contributed by atoms with Gasteiger partial charge in [-0.15, -0.1) is 0 Å². The van der Waals surface area contributed by atoms with Crippen LogP contribution in [0.2, 0.25) is 5.02 Å². The lowest BCUT2D eigenvalue weighted by Gasteiger charge is -2.15. The van der Waals surface area contributed by atoms with Crippen LogP contribution in [-0.4, -0.2) is 29.3 Å². The number of hydrogen-bond acceptors (Lipinski definition) is 6. The van der Waals surface area contributed by atoms with Crippen LogP contribution in [0.1, 0.15) is 47.7 Å². The molecule has 1 atom stereocenters. The summed E-state index contributed by atoms with van der Waals surface area (Å²) >= 11 is 6.16. The van der Waals surface area contributed by atoms with Crippen LogP contribution >= 0.6 is 11.6 Å². The number of rotatable bonds is 5. The Labute approximate surface area is 194 Å². The number of carbonyl (C=O) groups excluding carboxylic acids is 1. The minimum Gasteiger partial charge on any atom is -0.491 e. The number of ether oxygens (including phenoxy) is 1. The summed E-state index contributed by atoms with van der Waals surface area (Å²) in [6, 6.07) is 10.8. The SMILES string of the molecule is C[C@@H](CC(=O)O)C[S-](=O)=NC(=O)c1ccc2c(c1)NCc1ccc(Cl)cc1CCCCO2. The molecule has 0 saturated carbocycles. The fourth-order valence-corrected chi connectivity index (χ4v) is 4.66. The summed E-state index contributed by atoms with van der Waals surface area (Å²) in [6.45, 7) is 2.75. The number of aliphatic carboxylic acids is 1. The van der Waals surface area contributed by atoms with Crippen LogP contribution < -0.4 is 10.1 Å². The molecule has 9 heteroatoms. The van der Waals surface area contributed by atoms with E-state index in [1.165, 1.54) is 5.56 Å². The molecule has 2 aromatic rings. The average molecular weight is 478 g/mol. The lowest BCUT2D eigenvalue weighted by molar-refractivity contribution is -0.137. The normalized spacial score (nSPS) is 15.8. The van der Waals surface area contributed by atoms with Gasteiger partial charge in [0.2, 0.25) is 0 Å². The van der Waals surface area contributed by atoms with Gasteiger partial charge in [0.25, 0.3) is 5.91 Å². The van der Waals surface area contributed by atoms with E-state index in [0.717, 1.165) is 24.8 Å². The zero-order chi connectivity index (χ0) is 23.1. The fourth-order valence-electron chi connectivity index (χ4n) is 3.50. The van der Waals surface area contributed by atoms with Crippen LogP contribution in [0, 0.1) is 5.92 Å². The Bertz CT molecular complexity index is 1080. The van der Waals surface area contributed by atoms with Gasteiger partial charge >= 0.3 is 5.97 Å². The van der Waals surface area contributed by atoms with E-state index in [0.29, 0.717) is 29.6 Å². The van der Waals surface area contributed by atoms with E-state index >= 15 is 0 Å². The largest absolute Gasteiger partial charge is 0.491 e. The van der Waals surface area contributed by atoms with Gasteiger partial charge in [0.15, 0.2) is 0 Å². The molecule has 0 aromatic heterocycles. The predicted octanol–water partition coefficient (Wildman–Crippen LogP) is 5.07. The van der Waals surface area contributed by atoms with Crippen LogP contribution in [0.25, 0.3) is 0 Å². The van der Waals surface area contributed by atoms with Gasteiger partial charge in [-0.25, -0.2) is 0 Å². The lowest BCUT2D eigenvalue weighted by Crippen LogP contribution is -2.10. The Balaban J connectivity index is 1.80. The van der Waals surface area contributed by atoms with Gasteiger partial charge in [0, 0.05) is 23.6 Å². The summed E-state index contributed by atoms with van der Waals surface area (Å²) in [5, 5.41) is 12.9. The van der Waals surface area contributed by atoms with Gasteiger partial charge in [-0.1, -0.05) is 30.3 Å². The van der Waals surface area contributed by atoms with Crippen LogP contribution in [0.3, 0.4) is 0 Å². The molecule has 0 aliphatic carbocycles. The molecule has 1 amide bonds. The molecule has 7 nitrogen and oxygen atoms in total. The Morgan fingerprint density at radius 2 is 2.03 bits per heavy atom. The van der Waals surface area contributed by atoms with Gasteiger partial charge in [-0.2, -0.15) is 10.6 Å². The molecular formula is C23H26ClN2O5S-. The van der Waals surface area contributed by atoms with Gasteiger partial charge in [0.05, 0.1) is 12.3 Å². The van der Waals surface area contributed by atoms with E-state index < -0.39 is 22.5 Å². The molecule has 0 spiro atoms. The zero-order valence-electron chi connectivity index (χ0n) is 17.8. The summed E-state index contributed by atoms with van der Waals surface area (Å²) in [4.78, 5) is 23.3. The quantitative estimate of drug-likeness (QED) is 0.583. The third-order valence-electron chi connectivity index (χ3n) is 5.10. The van der Waals surface area contributed by atoms with Crippen molar-refractivity contribution in [2.45, 2.75) is 39.2 Å². The molecule has 1 aliphatic rings. The monoisotopic (exact) mass is 477 g/mol. The molecule has 32 heavy (non-hydrogen) atoms. The summed E-state index contributed by atoms with van der Waals surface area (Å²) in [6.07, 6.45) is 2.65. The molecule has 2 aromatic carbocycles. The fraction of sp³-hybridized carbons (Fsp3) is 0.391. The number of benzene rings is 2. The Morgan fingerprint density at radius 1 is 1.22 bits per heavy atom. The molecule has 2 N–H and O–H groups in total. The molecular weight excluding hydrogens is 452 g/mol. The second-order valence-corrected chi connectivity index (χ2v) is 9.47. The molecule has 0 unspecified atom stereocenters. The number of anilines is 1. The lowest BCUT2D eigenvalue weighted by atomic mass is 10.0. The van der Waals surface area contributed by atoms with Crippen molar-refractivity contribution in [3.8, 4) is 5.75 Å². The minimum atomic E-state index is -1.80. The first-order valence-corrected chi connectivity index (χ1v) is 12.1. The van der Waals surface area contributed by atoms with Crippen LogP contribution in [0.4, 0.5) is 5.69 Å². The number of halogens is 1. The highest BCUT2D eigenvalue weighted by Gasteiger charge is 2.12. The van der Waals surface area contributed by atoms with Crippen molar-refractivity contribution in [1.82, 2.24) is 0 Å². The number of carboxylic acids is 1. The Hall–Kier alpha value is -2.58. The molecule has 1 aliphatic heterocycles. The number of hydrogen-bond donors (Lipinski definition) is 2. The van der Waals surface area contributed by atoms with Gasteiger partial charge in [-0.3, -0.25) is 9.59 Å². The minimum absolute atomic E-state index is 0.0175. The van der Waals surface area contributed by atoms with E-state index in [1.54, 1.807) is 25.1 Å². The first-order valence-electron chi connectivity index (χ1n) is 10.5. The van der Waals surface area contributed by atoms with E-state index in [-0.39, 0.29) is 23.7 Å². The number of aryl methyl sites for hydroxylation is 1. The molecule has 0 fully saturated rings. The topological polar surface area (TPSA) is 105 Å². The maximum absolute atomic E-state index is 12.6. The maximum atomic E-state index is 12.6. The first-order chi connectivity index (χ1) is 15.3. The van der Waals surface area contributed by atoms with Crippen molar-refractivity contribution in [2.75, 3.05) is 17.7 Å². The smallest absolute Gasteiger partial charge is 0.303 e. The van der Waals surface area contributed by atoms with Gasteiger partial charge in [-0.05, 0) is 66.6 Å². The second kappa shape index (κ2) is 11.3. The summed E-state index contributed by atoms with van der Waals surface area (Å²) in [5.41, 5.74) is 3.24. The third-order valence-corrected chi connectivity index (χ3v) is 6.56. The standard InChI is InChI=1S/C23H26ClN2O5S/c1-15(10-22(27)28)14-32(30)26-23(29)17-6-8-21-20(12-17)25-13-18-5-7-19(24)11-16(18)4-2-3-9-31-21/h5-8,11-12,15,25H,2-4,9-10,13-14H2,1H3,(H,27,28)/q-1/t15-/m0/s1. The van der Waals surface area contributed by atoms with Gasteiger partial charge < -0.3 is 23.7 Å². The average Bonchev–Trinajstić information content (AvgIpc) is 2.75. The Morgan fingerprint density at radius 3 is 2.81 bits per heavy atom. The number of carboxylic acid groups (broad SMARTS) is 1. The molecule has 0 saturated heterocycles. The molecule has 0 bridgehead atoms. The molecule has 3 rings (SSSR count). The maximum Gasteiger partial charge on any atom is 0.303 e. The summed E-state index contributed by atoms with van der Waals surface area (Å²) < 4.78 is 21.8. The number of fused-ring (bicyclic) bond motifs is 2. The zero-order valence-corrected chi connectivity index (χ0v) is 19.4. The molecule has 1 heterocycles. The van der Waals surface area contributed by atoms with Crippen LogP contribution in [0.15, 0.2) is 40.8 Å². The third kappa shape index (κ3) is 6.97. The molecule has 0 radical (unpaired) electrons. The van der Waals surface area contributed by atoms with Crippen molar-refractivity contribution in [3.05, 3.63) is 58.1 Å². The highest BCUT2D eigenvalue weighted by atomic mass is 35.5. The van der Waals surface area contributed by atoms with E-state index in [2.05, 4.69) is 9.68 Å². The highest BCUT2D eigenvalue weighted by Crippen LogP contribution is 2.29. The molecule has 172 valence electrons.